The van der Waals surface area contributed by atoms with Crippen LogP contribution in [0.5, 0.6) is 23.1 Å². The summed E-state index contributed by atoms with van der Waals surface area (Å²) in [5.41, 5.74) is 0.453. The van der Waals surface area contributed by atoms with E-state index in [0.29, 0.717) is 36.0 Å². The summed E-state index contributed by atoms with van der Waals surface area (Å²) in [5.74, 6) is 2.30. The minimum absolute atomic E-state index is 0.0712. The molecule has 3 rings (SSSR count). The maximum Gasteiger partial charge on any atom is 0.255 e. The number of hydrogen-bond acceptors (Lipinski definition) is 5. The lowest BCUT2D eigenvalue weighted by molar-refractivity contribution is 0.0731. The van der Waals surface area contributed by atoms with Crippen LogP contribution in [0, 0.1) is 0 Å². The number of carbonyl (C=O) groups is 1. The van der Waals surface area contributed by atoms with Gasteiger partial charge in [0.05, 0.1) is 12.2 Å². The van der Waals surface area contributed by atoms with Crippen LogP contribution < -0.4 is 9.47 Å². The molecule has 0 fully saturated rings. The van der Waals surface area contributed by atoms with Crippen molar-refractivity contribution in [1.29, 1.82) is 0 Å². The summed E-state index contributed by atoms with van der Waals surface area (Å²) in [6.45, 7) is 2.61. The molecule has 28 heavy (non-hydrogen) atoms. The second-order valence-electron chi connectivity index (χ2n) is 5.98. The van der Waals surface area contributed by atoms with Crippen molar-refractivity contribution in [3.05, 3.63) is 78.5 Å². The first kappa shape index (κ1) is 19.4. The van der Waals surface area contributed by atoms with Crippen molar-refractivity contribution < 1.29 is 19.4 Å². The average molecular weight is 378 g/mol. The molecule has 0 aliphatic rings. The van der Waals surface area contributed by atoms with Gasteiger partial charge < -0.3 is 19.5 Å². The van der Waals surface area contributed by atoms with E-state index in [0.717, 1.165) is 5.75 Å². The lowest BCUT2D eigenvalue weighted by Gasteiger charge is -2.19. The second kappa shape index (κ2) is 9.53. The predicted octanol–water partition coefficient (Wildman–Crippen LogP) is 4.12. The first-order chi connectivity index (χ1) is 13.7. The van der Waals surface area contributed by atoms with Crippen LogP contribution in [0.1, 0.15) is 17.3 Å². The molecule has 1 heterocycles. The third-order valence-electron chi connectivity index (χ3n) is 4.05. The monoisotopic (exact) mass is 378 g/mol. The van der Waals surface area contributed by atoms with E-state index in [-0.39, 0.29) is 12.5 Å². The van der Waals surface area contributed by atoms with E-state index in [1.807, 2.05) is 49.4 Å². The number of aromatic nitrogens is 1. The molecule has 6 heteroatoms. The SMILES string of the molecule is CCN(CCO)C(=O)c1ccc(Oc2ccc(Oc3ccccc3)cc2)nc1. The highest BCUT2D eigenvalue weighted by Gasteiger charge is 2.14. The first-order valence-electron chi connectivity index (χ1n) is 9.06. The van der Waals surface area contributed by atoms with E-state index >= 15 is 0 Å². The van der Waals surface area contributed by atoms with Gasteiger partial charge in [0.15, 0.2) is 0 Å². The molecule has 0 saturated carbocycles. The number of likely N-dealkylation sites (N-methyl/N-ethyl adjacent to an activating group) is 1. The van der Waals surface area contributed by atoms with Gasteiger partial charge in [-0.3, -0.25) is 4.79 Å². The van der Waals surface area contributed by atoms with Crippen molar-refractivity contribution in [2.75, 3.05) is 19.7 Å². The lowest BCUT2D eigenvalue weighted by atomic mass is 10.2. The first-order valence-corrected chi connectivity index (χ1v) is 9.06. The Bertz CT molecular complexity index is 881. The molecule has 1 amide bonds. The van der Waals surface area contributed by atoms with Crippen molar-refractivity contribution in [1.82, 2.24) is 9.88 Å². The number of para-hydroxylation sites is 1. The normalized spacial score (nSPS) is 10.4. The minimum Gasteiger partial charge on any atom is -0.457 e. The minimum atomic E-state index is -0.169. The summed E-state index contributed by atoms with van der Waals surface area (Å²) >= 11 is 0. The van der Waals surface area contributed by atoms with E-state index in [1.165, 1.54) is 6.20 Å². The molecule has 0 aliphatic carbocycles. The number of benzene rings is 2. The zero-order chi connectivity index (χ0) is 19.8. The van der Waals surface area contributed by atoms with Gasteiger partial charge in [0.2, 0.25) is 5.88 Å². The standard InChI is InChI=1S/C22H22N2O4/c1-2-24(14-15-25)22(26)17-8-13-21(23-16-17)28-20-11-9-19(10-12-20)27-18-6-4-3-5-7-18/h3-13,16,25H,2,14-15H2,1H3. The lowest BCUT2D eigenvalue weighted by Crippen LogP contribution is -2.33. The topological polar surface area (TPSA) is 71.9 Å². The van der Waals surface area contributed by atoms with Crippen LogP contribution in [0.3, 0.4) is 0 Å². The second-order valence-corrected chi connectivity index (χ2v) is 5.98. The van der Waals surface area contributed by atoms with Crippen molar-refractivity contribution >= 4 is 5.91 Å². The molecule has 0 spiro atoms. The van der Waals surface area contributed by atoms with Gasteiger partial charge in [-0.1, -0.05) is 18.2 Å². The van der Waals surface area contributed by atoms with Crippen molar-refractivity contribution in [3.63, 3.8) is 0 Å². The van der Waals surface area contributed by atoms with Gasteiger partial charge in [-0.25, -0.2) is 4.98 Å². The number of pyridine rings is 1. The summed E-state index contributed by atoms with van der Waals surface area (Å²) in [4.78, 5) is 18.1. The number of amides is 1. The number of carbonyl (C=O) groups excluding carboxylic acids is 1. The number of rotatable bonds is 8. The Labute approximate surface area is 164 Å². The van der Waals surface area contributed by atoms with E-state index in [4.69, 9.17) is 14.6 Å². The fourth-order valence-corrected chi connectivity index (χ4v) is 2.59. The van der Waals surface area contributed by atoms with Crippen LogP contribution >= 0.6 is 0 Å². The van der Waals surface area contributed by atoms with Gasteiger partial charge in [-0.15, -0.1) is 0 Å². The number of hydrogen-bond donors (Lipinski definition) is 1. The third kappa shape index (κ3) is 5.08. The number of ether oxygens (including phenoxy) is 2. The molecule has 144 valence electrons. The molecule has 0 aliphatic heterocycles. The molecule has 3 aromatic rings. The molecule has 0 saturated heterocycles. The maximum absolute atomic E-state index is 12.3. The Morgan fingerprint density at radius 3 is 2.14 bits per heavy atom. The Kier molecular flexibility index (Phi) is 6.59. The molecule has 6 nitrogen and oxygen atoms in total. The Hall–Kier alpha value is -3.38. The molecule has 0 bridgehead atoms. The number of aliphatic hydroxyl groups excluding tert-OH is 1. The molecule has 1 N–H and O–H groups in total. The highest BCUT2D eigenvalue weighted by molar-refractivity contribution is 5.93. The molecule has 0 unspecified atom stereocenters. The maximum atomic E-state index is 12.3. The molecule has 0 radical (unpaired) electrons. The van der Waals surface area contributed by atoms with Gasteiger partial charge in [-0.2, -0.15) is 0 Å². The highest BCUT2D eigenvalue weighted by Crippen LogP contribution is 2.26. The van der Waals surface area contributed by atoms with Crippen LogP contribution in [0.4, 0.5) is 0 Å². The Morgan fingerprint density at radius 1 is 0.929 bits per heavy atom. The van der Waals surface area contributed by atoms with Gasteiger partial charge in [0.25, 0.3) is 5.91 Å². The summed E-state index contributed by atoms with van der Waals surface area (Å²) in [6, 6.07) is 20.1. The molecule has 1 aromatic heterocycles. The quantitative estimate of drug-likeness (QED) is 0.638. The van der Waals surface area contributed by atoms with Crippen LogP contribution in [0.2, 0.25) is 0 Å². The molecular weight excluding hydrogens is 356 g/mol. The van der Waals surface area contributed by atoms with Gasteiger partial charge in [0.1, 0.15) is 17.2 Å². The summed E-state index contributed by atoms with van der Waals surface area (Å²) < 4.78 is 11.5. The highest BCUT2D eigenvalue weighted by atomic mass is 16.5. The third-order valence-corrected chi connectivity index (χ3v) is 4.05. The van der Waals surface area contributed by atoms with Crippen molar-refractivity contribution in [2.24, 2.45) is 0 Å². The Balaban J connectivity index is 1.61. The van der Waals surface area contributed by atoms with Gasteiger partial charge in [-0.05, 0) is 49.4 Å². The zero-order valence-electron chi connectivity index (χ0n) is 15.6. The van der Waals surface area contributed by atoms with E-state index < -0.39 is 0 Å². The van der Waals surface area contributed by atoms with Crippen molar-refractivity contribution in [3.8, 4) is 23.1 Å². The molecule has 0 atom stereocenters. The fourth-order valence-electron chi connectivity index (χ4n) is 2.59. The molecular formula is C22H22N2O4. The van der Waals surface area contributed by atoms with Crippen LogP contribution in [-0.4, -0.2) is 40.6 Å². The average Bonchev–Trinajstić information content (AvgIpc) is 2.74. The van der Waals surface area contributed by atoms with E-state index in [2.05, 4.69) is 4.98 Å². The van der Waals surface area contributed by atoms with Crippen LogP contribution in [0.15, 0.2) is 72.9 Å². The Morgan fingerprint density at radius 2 is 1.57 bits per heavy atom. The predicted molar refractivity (Wildman–Crippen MR) is 106 cm³/mol. The summed E-state index contributed by atoms with van der Waals surface area (Å²) in [5, 5.41) is 9.04. The molecule has 2 aromatic carbocycles. The van der Waals surface area contributed by atoms with E-state index in [1.54, 1.807) is 29.2 Å². The van der Waals surface area contributed by atoms with Gasteiger partial charge in [0, 0.05) is 25.4 Å². The summed E-state index contributed by atoms with van der Waals surface area (Å²) in [7, 11) is 0. The van der Waals surface area contributed by atoms with E-state index in [9.17, 15) is 4.79 Å². The fraction of sp³-hybridized carbons (Fsp3) is 0.182. The smallest absolute Gasteiger partial charge is 0.255 e. The number of nitrogens with zero attached hydrogens (tertiary/aromatic N) is 2. The van der Waals surface area contributed by atoms with Crippen LogP contribution in [0.25, 0.3) is 0 Å². The number of aliphatic hydroxyl groups is 1. The zero-order valence-corrected chi connectivity index (χ0v) is 15.6. The summed E-state index contributed by atoms with van der Waals surface area (Å²) in [6.07, 6.45) is 1.48. The van der Waals surface area contributed by atoms with Crippen molar-refractivity contribution in [2.45, 2.75) is 6.92 Å². The van der Waals surface area contributed by atoms with Crippen LogP contribution in [-0.2, 0) is 0 Å². The largest absolute Gasteiger partial charge is 0.457 e. The van der Waals surface area contributed by atoms with Gasteiger partial charge >= 0.3 is 0 Å².